The summed E-state index contributed by atoms with van der Waals surface area (Å²) in [6.07, 6.45) is 0. The van der Waals surface area contributed by atoms with Crippen LogP contribution >= 0.6 is 0 Å². The maximum atomic E-state index is 11.8. The minimum Gasteiger partial charge on any atom is -0.491 e. The van der Waals surface area contributed by atoms with E-state index < -0.39 is 16.9 Å². The lowest BCUT2D eigenvalue weighted by atomic mass is 10.2. The molecule has 0 radical (unpaired) electrons. The van der Waals surface area contributed by atoms with Crippen LogP contribution in [0.15, 0.2) is 93.5 Å². The van der Waals surface area contributed by atoms with Crippen LogP contribution in [-0.2, 0) is 15.6 Å². The number of methoxy groups -OCH3 is 1. The molecule has 0 fully saturated rings. The van der Waals surface area contributed by atoms with Crippen molar-refractivity contribution in [2.24, 2.45) is 0 Å². The van der Waals surface area contributed by atoms with Gasteiger partial charge in [0.2, 0.25) is 0 Å². The van der Waals surface area contributed by atoms with Crippen LogP contribution in [0.3, 0.4) is 0 Å². The number of hydrogen-bond acceptors (Lipinski definition) is 3. The molecule has 0 aliphatic heterocycles. The van der Waals surface area contributed by atoms with E-state index in [2.05, 4.69) is 0 Å². The standard InChI is InChI=1S/C22H20O4S/c1-25-15-16-26-17-11-13-19(14-12-17)27(18-7-3-2-4-8-18)21-10-6-5-9-20(21)22(23)24/h2-14H,15-16H2,1H3/p+1. The lowest BCUT2D eigenvalue weighted by molar-refractivity contribution is 0.0693. The highest BCUT2D eigenvalue weighted by molar-refractivity contribution is 7.97. The van der Waals surface area contributed by atoms with E-state index in [9.17, 15) is 9.90 Å². The van der Waals surface area contributed by atoms with Crippen LogP contribution in [-0.4, -0.2) is 31.4 Å². The molecule has 138 valence electrons. The highest BCUT2D eigenvalue weighted by Gasteiger charge is 2.32. The first-order chi connectivity index (χ1) is 13.2. The molecule has 27 heavy (non-hydrogen) atoms. The van der Waals surface area contributed by atoms with Crippen molar-refractivity contribution >= 4 is 16.9 Å². The number of aromatic carboxylic acids is 1. The van der Waals surface area contributed by atoms with Gasteiger partial charge in [0, 0.05) is 7.11 Å². The topological polar surface area (TPSA) is 55.8 Å². The minimum absolute atomic E-state index is 0.324. The van der Waals surface area contributed by atoms with Gasteiger partial charge < -0.3 is 14.6 Å². The van der Waals surface area contributed by atoms with Gasteiger partial charge >= 0.3 is 5.97 Å². The van der Waals surface area contributed by atoms with Crippen LogP contribution < -0.4 is 4.74 Å². The smallest absolute Gasteiger partial charge is 0.340 e. The van der Waals surface area contributed by atoms with Crippen molar-refractivity contribution in [3.05, 3.63) is 84.4 Å². The molecule has 1 N–H and O–H groups in total. The third-order valence-corrected chi connectivity index (χ3v) is 6.21. The molecule has 1 atom stereocenters. The number of rotatable bonds is 8. The first-order valence-electron chi connectivity index (χ1n) is 8.54. The van der Waals surface area contributed by atoms with Gasteiger partial charge in [-0.05, 0) is 48.5 Å². The Morgan fingerprint density at radius 2 is 1.48 bits per heavy atom. The SMILES string of the molecule is COCCOc1ccc([S+](c2ccccc2)c2ccccc2C(=O)O)cc1. The third kappa shape index (κ3) is 4.70. The zero-order chi connectivity index (χ0) is 19.1. The number of hydrogen-bond donors (Lipinski definition) is 1. The van der Waals surface area contributed by atoms with E-state index in [-0.39, 0.29) is 0 Å². The summed E-state index contributed by atoms with van der Waals surface area (Å²) < 4.78 is 10.6. The Labute approximate surface area is 161 Å². The Hall–Kier alpha value is -2.76. The number of carboxylic acids is 1. The van der Waals surface area contributed by atoms with E-state index in [1.165, 1.54) is 0 Å². The summed E-state index contributed by atoms with van der Waals surface area (Å²) in [6, 6.07) is 25.0. The van der Waals surface area contributed by atoms with Crippen LogP contribution in [0.2, 0.25) is 0 Å². The van der Waals surface area contributed by atoms with Crippen LogP contribution in [0, 0.1) is 0 Å². The van der Waals surface area contributed by atoms with Crippen molar-refractivity contribution in [1.29, 1.82) is 0 Å². The molecule has 5 heteroatoms. The molecule has 0 saturated carbocycles. The summed E-state index contributed by atoms with van der Waals surface area (Å²) in [5.74, 6) is -0.155. The number of carbonyl (C=O) groups is 1. The first-order valence-corrected chi connectivity index (χ1v) is 9.76. The van der Waals surface area contributed by atoms with Crippen LogP contribution in [0.5, 0.6) is 5.75 Å². The Morgan fingerprint density at radius 1 is 0.852 bits per heavy atom. The molecule has 0 bridgehead atoms. The fraction of sp³-hybridized carbons (Fsp3) is 0.136. The molecular weight excluding hydrogens is 360 g/mol. The van der Waals surface area contributed by atoms with Gasteiger partial charge in [0.05, 0.1) is 6.61 Å². The van der Waals surface area contributed by atoms with Gasteiger partial charge in [0.1, 0.15) is 28.8 Å². The van der Waals surface area contributed by atoms with Crippen molar-refractivity contribution in [3.63, 3.8) is 0 Å². The summed E-state index contributed by atoms with van der Waals surface area (Å²) in [4.78, 5) is 14.7. The summed E-state index contributed by atoms with van der Waals surface area (Å²) in [7, 11) is 1.11. The summed E-state index contributed by atoms with van der Waals surface area (Å²) in [5, 5.41) is 9.65. The van der Waals surface area contributed by atoms with Crippen LogP contribution in [0.25, 0.3) is 0 Å². The summed E-state index contributed by atoms with van der Waals surface area (Å²) in [5.41, 5.74) is 0.324. The zero-order valence-electron chi connectivity index (χ0n) is 15.0. The lowest BCUT2D eigenvalue weighted by Gasteiger charge is -2.11. The Balaban J connectivity index is 2.01. The van der Waals surface area contributed by atoms with E-state index in [1.54, 1.807) is 19.2 Å². The summed E-state index contributed by atoms with van der Waals surface area (Å²) in [6.45, 7) is 1.02. The van der Waals surface area contributed by atoms with Gasteiger partial charge in [0.15, 0.2) is 14.7 Å². The van der Waals surface area contributed by atoms with Gasteiger partial charge in [-0.15, -0.1) is 0 Å². The Kier molecular flexibility index (Phi) is 6.52. The van der Waals surface area contributed by atoms with Crippen molar-refractivity contribution < 1.29 is 19.4 Å². The Bertz CT molecular complexity index is 878. The number of ether oxygens (including phenoxy) is 2. The lowest BCUT2D eigenvalue weighted by Crippen LogP contribution is -2.11. The molecule has 3 aromatic rings. The predicted octanol–water partition coefficient (Wildman–Crippen LogP) is 4.51. The summed E-state index contributed by atoms with van der Waals surface area (Å²) >= 11 is 0. The molecule has 0 aliphatic carbocycles. The van der Waals surface area contributed by atoms with Gasteiger partial charge in [-0.3, -0.25) is 0 Å². The van der Waals surface area contributed by atoms with Crippen molar-refractivity contribution in [2.75, 3.05) is 20.3 Å². The van der Waals surface area contributed by atoms with Crippen LogP contribution in [0.4, 0.5) is 0 Å². The maximum Gasteiger partial charge on any atom is 0.340 e. The van der Waals surface area contributed by atoms with E-state index in [4.69, 9.17) is 9.47 Å². The van der Waals surface area contributed by atoms with Gasteiger partial charge in [-0.25, -0.2) is 4.79 Å². The zero-order valence-corrected chi connectivity index (χ0v) is 15.8. The van der Waals surface area contributed by atoms with E-state index in [1.807, 2.05) is 66.7 Å². The highest BCUT2D eigenvalue weighted by Crippen LogP contribution is 2.34. The minimum atomic E-state index is -0.918. The van der Waals surface area contributed by atoms with Crippen molar-refractivity contribution in [3.8, 4) is 5.75 Å². The van der Waals surface area contributed by atoms with Gasteiger partial charge in [0.25, 0.3) is 0 Å². The molecule has 3 aromatic carbocycles. The second kappa shape index (κ2) is 9.26. The Morgan fingerprint density at radius 3 is 2.15 bits per heavy atom. The van der Waals surface area contributed by atoms with E-state index in [0.29, 0.717) is 18.8 Å². The molecule has 4 nitrogen and oxygen atoms in total. The molecule has 0 aromatic heterocycles. The molecule has 0 aliphatic rings. The average molecular weight is 381 g/mol. The average Bonchev–Trinajstić information content (AvgIpc) is 2.71. The molecule has 0 amide bonds. The normalized spacial score (nSPS) is 11.7. The highest BCUT2D eigenvalue weighted by atomic mass is 32.2. The molecule has 3 rings (SSSR count). The van der Waals surface area contributed by atoms with Crippen LogP contribution in [0.1, 0.15) is 10.4 Å². The third-order valence-electron chi connectivity index (χ3n) is 3.93. The monoisotopic (exact) mass is 381 g/mol. The largest absolute Gasteiger partial charge is 0.491 e. The molecular formula is C22H21O4S+. The predicted molar refractivity (Wildman–Crippen MR) is 106 cm³/mol. The second-order valence-corrected chi connectivity index (χ2v) is 7.73. The van der Waals surface area contributed by atoms with Crippen molar-refractivity contribution in [1.82, 2.24) is 0 Å². The molecule has 0 saturated heterocycles. The van der Waals surface area contributed by atoms with Gasteiger partial charge in [-0.1, -0.05) is 30.3 Å². The first kappa shape index (κ1) is 19.0. The fourth-order valence-electron chi connectivity index (χ4n) is 2.68. The van der Waals surface area contributed by atoms with Crippen molar-refractivity contribution in [2.45, 2.75) is 14.7 Å². The quantitative estimate of drug-likeness (QED) is 0.461. The number of benzene rings is 3. The van der Waals surface area contributed by atoms with E-state index in [0.717, 1.165) is 20.4 Å². The molecule has 0 spiro atoms. The number of carboxylic acid groups (broad SMARTS) is 1. The molecule has 1 unspecified atom stereocenters. The second-order valence-electron chi connectivity index (χ2n) is 5.73. The molecule has 0 heterocycles. The van der Waals surface area contributed by atoms with Gasteiger partial charge in [-0.2, -0.15) is 0 Å². The fourth-order valence-corrected chi connectivity index (χ4v) is 4.89. The van der Waals surface area contributed by atoms with E-state index >= 15 is 0 Å². The maximum absolute atomic E-state index is 11.8.